The fourth-order valence-corrected chi connectivity index (χ4v) is 4.60. The zero-order valence-electron chi connectivity index (χ0n) is 15.3. The summed E-state index contributed by atoms with van der Waals surface area (Å²) in [6.07, 6.45) is 0.626. The van der Waals surface area contributed by atoms with Gasteiger partial charge in [-0.3, -0.25) is 9.59 Å². The molecule has 0 saturated heterocycles. The third kappa shape index (κ3) is 2.70. The molecule has 0 bridgehead atoms. The lowest BCUT2D eigenvalue weighted by molar-refractivity contribution is 0.0989. The summed E-state index contributed by atoms with van der Waals surface area (Å²) in [5, 5.41) is 5.23. The van der Waals surface area contributed by atoms with E-state index in [0.29, 0.717) is 35.3 Å². The van der Waals surface area contributed by atoms with Gasteiger partial charge in [0.1, 0.15) is 0 Å². The molecule has 0 atom stereocenters. The van der Waals surface area contributed by atoms with Gasteiger partial charge in [0.05, 0.1) is 4.90 Å². The third-order valence-electron chi connectivity index (χ3n) is 5.50. The fraction of sp³-hybridized carbons (Fsp3) is 0.0909. The van der Waals surface area contributed by atoms with Gasteiger partial charge in [-0.25, -0.2) is 13.6 Å². The molecule has 1 heterocycles. The van der Waals surface area contributed by atoms with Crippen LogP contribution in [0.15, 0.2) is 65.6 Å². The van der Waals surface area contributed by atoms with Crippen LogP contribution in [0.3, 0.4) is 0 Å². The van der Waals surface area contributed by atoms with Crippen molar-refractivity contribution in [3.8, 4) is 11.1 Å². The highest BCUT2D eigenvalue weighted by atomic mass is 32.2. The largest absolute Gasteiger partial charge is 0.308 e. The van der Waals surface area contributed by atoms with Gasteiger partial charge in [-0.1, -0.05) is 36.4 Å². The van der Waals surface area contributed by atoms with E-state index in [1.165, 1.54) is 17.0 Å². The summed E-state index contributed by atoms with van der Waals surface area (Å²) >= 11 is 0. The van der Waals surface area contributed by atoms with Gasteiger partial charge in [0.2, 0.25) is 10.0 Å². The standard InChI is InChI=1S/C22H16N2O4S/c23-29(27,28)15-7-5-13-9-10-24(20(13)12-15)22(26)14-6-8-17-16-3-1-2-4-18(16)21(25)19(17)11-14/h1-8,11-12H,9-10H2,(H2,23,27,28). The van der Waals surface area contributed by atoms with Crippen molar-refractivity contribution >= 4 is 27.4 Å². The van der Waals surface area contributed by atoms with Crippen LogP contribution in [-0.4, -0.2) is 26.7 Å². The Morgan fingerprint density at radius 2 is 1.62 bits per heavy atom. The first-order chi connectivity index (χ1) is 13.8. The molecule has 0 aromatic heterocycles. The number of ketones is 1. The molecular weight excluding hydrogens is 388 g/mol. The number of hydrogen-bond donors (Lipinski definition) is 1. The van der Waals surface area contributed by atoms with Crippen molar-refractivity contribution in [2.75, 3.05) is 11.4 Å². The van der Waals surface area contributed by atoms with Gasteiger partial charge in [-0.15, -0.1) is 0 Å². The highest BCUT2D eigenvalue weighted by Gasteiger charge is 2.30. The van der Waals surface area contributed by atoms with Crippen LogP contribution in [0, 0.1) is 0 Å². The maximum Gasteiger partial charge on any atom is 0.258 e. The Bertz CT molecular complexity index is 1330. The Morgan fingerprint density at radius 3 is 2.38 bits per heavy atom. The Hall–Kier alpha value is -3.29. The van der Waals surface area contributed by atoms with E-state index in [1.54, 1.807) is 30.3 Å². The van der Waals surface area contributed by atoms with Crippen molar-refractivity contribution in [1.29, 1.82) is 0 Å². The summed E-state index contributed by atoms with van der Waals surface area (Å²) in [6, 6.07) is 17.1. The number of fused-ring (bicyclic) bond motifs is 4. The first-order valence-electron chi connectivity index (χ1n) is 9.10. The topological polar surface area (TPSA) is 97.5 Å². The van der Waals surface area contributed by atoms with Crippen LogP contribution in [0.5, 0.6) is 0 Å². The second kappa shape index (κ2) is 6.10. The number of sulfonamides is 1. The minimum atomic E-state index is -3.87. The first-order valence-corrected chi connectivity index (χ1v) is 10.6. The lowest BCUT2D eigenvalue weighted by Gasteiger charge is -2.18. The number of carbonyl (C=O) groups is 2. The summed E-state index contributed by atoms with van der Waals surface area (Å²) in [4.78, 5) is 27.4. The molecule has 1 amide bonds. The van der Waals surface area contributed by atoms with Crippen molar-refractivity contribution in [2.45, 2.75) is 11.3 Å². The molecule has 7 heteroatoms. The summed E-state index contributed by atoms with van der Waals surface area (Å²) < 4.78 is 23.4. The SMILES string of the molecule is NS(=O)(=O)c1ccc2c(c1)N(C(=O)c1ccc3c(c1)C(=O)c1ccccc1-3)CC2. The Labute approximate surface area is 167 Å². The van der Waals surface area contributed by atoms with Gasteiger partial charge in [0.25, 0.3) is 5.91 Å². The van der Waals surface area contributed by atoms with Crippen LogP contribution in [0.1, 0.15) is 31.8 Å². The van der Waals surface area contributed by atoms with Crippen LogP contribution < -0.4 is 10.0 Å². The maximum atomic E-state index is 13.2. The summed E-state index contributed by atoms with van der Waals surface area (Å²) in [5.41, 5.74) is 4.65. The molecule has 3 aromatic rings. The molecule has 2 N–H and O–H groups in total. The van der Waals surface area contributed by atoms with Gasteiger partial charge >= 0.3 is 0 Å². The molecule has 1 aliphatic heterocycles. The Morgan fingerprint density at radius 1 is 0.897 bits per heavy atom. The number of rotatable bonds is 2. The molecule has 29 heavy (non-hydrogen) atoms. The number of amides is 1. The number of hydrogen-bond acceptors (Lipinski definition) is 4. The van der Waals surface area contributed by atoms with Crippen molar-refractivity contribution in [2.24, 2.45) is 5.14 Å². The number of primary sulfonamides is 1. The van der Waals surface area contributed by atoms with Crippen LogP contribution in [-0.2, 0) is 16.4 Å². The molecular formula is C22H16N2O4S. The average molecular weight is 404 g/mol. The number of carbonyl (C=O) groups excluding carboxylic acids is 2. The zero-order chi connectivity index (χ0) is 20.3. The number of benzene rings is 3. The van der Waals surface area contributed by atoms with E-state index < -0.39 is 10.0 Å². The van der Waals surface area contributed by atoms with Gasteiger partial charge < -0.3 is 4.90 Å². The van der Waals surface area contributed by atoms with E-state index in [2.05, 4.69) is 0 Å². The zero-order valence-corrected chi connectivity index (χ0v) is 16.1. The molecule has 5 rings (SSSR count). The average Bonchev–Trinajstić information content (AvgIpc) is 3.26. The van der Waals surface area contributed by atoms with Gasteiger partial charge in [-0.05, 0) is 47.4 Å². The van der Waals surface area contributed by atoms with Crippen molar-refractivity contribution in [1.82, 2.24) is 0 Å². The monoisotopic (exact) mass is 404 g/mol. The molecule has 2 aliphatic rings. The predicted molar refractivity (Wildman–Crippen MR) is 109 cm³/mol. The molecule has 6 nitrogen and oxygen atoms in total. The number of nitrogens with zero attached hydrogens (tertiary/aromatic N) is 1. The number of nitrogens with two attached hydrogens (primary N) is 1. The van der Waals surface area contributed by atoms with Crippen LogP contribution in [0.2, 0.25) is 0 Å². The van der Waals surface area contributed by atoms with E-state index in [9.17, 15) is 18.0 Å². The molecule has 0 saturated carbocycles. The highest BCUT2D eigenvalue weighted by Crippen LogP contribution is 2.37. The molecule has 1 aliphatic carbocycles. The predicted octanol–water partition coefficient (Wildman–Crippen LogP) is 2.75. The van der Waals surface area contributed by atoms with Crippen LogP contribution in [0.25, 0.3) is 11.1 Å². The van der Waals surface area contributed by atoms with Gasteiger partial charge in [-0.2, -0.15) is 0 Å². The van der Waals surface area contributed by atoms with Crippen molar-refractivity contribution in [3.63, 3.8) is 0 Å². The van der Waals surface area contributed by atoms with E-state index in [1.807, 2.05) is 18.2 Å². The van der Waals surface area contributed by atoms with Crippen molar-refractivity contribution in [3.05, 3.63) is 82.9 Å². The minimum Gasteiger partial charge on any atom is -0.308 e. The van der Waals surface area contributed by atoms with Crippen molar-refractivity contribution < 1.29 is 18.0 Å². The van der Waals surface area contributed by atoms with E-state index in [-0.39, 0.29) is 16.6 Å². The van der Waals surface area contributed by atoms with E-state index in [0.717, 1.165) is 16.7 Å². The van der Waals surface area contributed by atoms with Gasteiger partial charge in [0, 0.05) is 28.9 Å². The Balaban J connectivity index is 1.54. The van der Waals surface area contributed by atoms with E-state index >= 15 is 0 Å². The minimum absolute atomic E-state index is 0.0319. The quantitative estimate of drug-likeness (QED) is 0.555. The molecule has 144 valence electrons. The second-order valence-corrected chi connectivity index (χ2v) is 8.74. The maximum absolute atomic E-state index is 13.2. The lowest BCUT2D eigenvalue weighted by atomic mass is 10.0. The second-order valence-electron chi connectivity index (χ2n) is 7.18. The summed E-state index contributed by atoms with van der Waals surface area (Å²) in [5.74, 6) is -0.370. The van der Waals surface area contributed by atoms with Gasteiger partial charge in [0.15, 0.2) is 5.78 Å². The molecule has 0 spiro atoms. The third-order valence-corrected chi connectivity index (χ3v) is 6.41. The summed E-state index contributed by atoms with van der Waals surface area (Å²) in [7, 11) is -3.87. The smallest absolute Gasteiger partial charge is 0.258 e. The molecule has 0 fully saturated rings. The fourth-order valence-electron chi connectivity index (χ4n) is 4.06. The van der Waals surface area contributed by atoms with Crippen LogP contribution >= 0.6 is 0 Å². The number of anilines is 1. The van der Waals surface area contributed by atoms with Crippen LogP contribution in [0.4, 0.5) is 5.69 Å². The molecule has 0 radical (unpaired) electrons. The molecule has 3 aromatic carbocycles. The van der Waals surface area contributed by atoms with E-state index in [4.69, 9.17) is 5.14 Å². The highest BCUT2D eigenvalue weighted by molar-refractivity contribution is 7.89. The molecule has 0 unspecified atom stereocenters. The first kappa shape index (κ1) is 17.8. The summed E-state index contributed by atoms with van der Waals surface area (Å²) in [6.45, 7) is 0.438. The lowest BCUT2D eigenvalue weighted by Crippen LogP contribution is -2.29. The Kier molecular flexibility index (Phi) is 3.74. The normalized spacial score (nSPS) is 14.5.